The molecule has 31 heavy (non-hydrogen) atoms. The molecule has 0 aliphatic heterocycles. The average Bonchev–Trinajstić information content (AvgIpc) is 3.43. The molecule has 3 aromatic heterocycles. The number of carbonyl (C=O) groups excluding carboxylic acids is 2. The molecular formula is C20H15ClFN5O4. The maximum Gasteiger partial charge on any atom is 0.411 e. The monoisotopic (exact) mass is 443 g/mol. The van der Waals surface area contributed by atoms with Gasteiger partial charge in [-0.25, -0.2) is 19.2 Å². The molecular weight excluding hydrogens is 429 g/mol. The van der Waals surface area contributed by atoms with E-state index >= 15 is 0 Å². The van der Waals surface area contributed by atoms with Gasteiger partial charge in [0.1, 0.15) is 19.1 Å². The van der Waals surface area contributed by atoms with Gasteiger partial charge in [-0.1, -0.05) is 11.6 Å². The summed E-state index contributed by atoms with van der Waals surface area (Å²) in [5, 5.41) is 5.58. The maximum absolute atomic E-state index is 12.2. The molecule has 2 amide bonds. The van der Waals surface area contributed by atoms with E-state index in [1.165, 1.54) is 12.5 Å². The average molecular weight is 444 g/mol. The zero-order valence-corrected chi connectivity index (χ0v) is 16.6. The number of benzene rings is 1. The number of halogens is 2. The van der Waals surface area contributed by atoms with Gasteiger partial charge in [0.05, 0.1) is 28.7 Å². The van der Waals surface area contributed by atoms with Crippen molar-refractivity contribution in [2.45, 2.75) is 0 Å². The summed E-state index contributed by atoms with van der Waals surface area (Å²) < 4.78 is 21.8. The summed E-state index contributed by atoms with van der Waals surface area (Å²) in [4.78, 5) is 35.4. The minimum atomic E-state index is -0.790. The highest BCUT2D eigenvalue weighted by Crippen LogP contribution is 2.30. The Morgan fingerprint density at radius 1 is 1.19 bits per heavy atom. The van der Waals surface area contributed by atoms with Crippen LogP contribution < -0.4 is 10.6 Å². The molecule has 3 N–H and O–H groups in total. The molecule has 0 unspecified atom stereocenters. The van der Waals surface area contributed by atoms with E-state index < -0.39 is 18.7 Å². The van der Waals surface area contributed by atoms with Crippen LogP contribution in [0.15, 0.2) is 53.3 Å². The third kappa shape index (κ3) is 4.64. The molecule has 9 nitrogen and oxygen atoms in total. The van der Waals surface area contributed by atoms with Crippen molar-refractivity contribution >= 4 is 46.1 Å². The molecule has 0 fully saturated rings. The Balaban J connectivity index is 1.57. The number of pyridine rings is 1. The van der Waals surface area contributed by atoms with Gasteiger partial charge in [-0.3, -0.25) is 10.1 Å². The Kier molecular flexibility index (Phi) is 5.80. The van der Waals surface area contributed by atoms with E-state index in [2.05, 4.69) is 30.3 Å². The summed E-state index contributed by atoms with van der Waals surface area (Å²) in [5.74, 6) is 0.188. The van der Waals surface area contributed by atoms with E-state index in [9.17, 15) is 14.0 Å². The number of aromatic amines is 1. The number of ether oxygens (including phenoxy) is 1. The van der Waals surface area contributed by atoms with Crippen LogP contribution >= 0.6 is 11.6 Å². The molecule has 0 saturated heterocycles. The van der Waals surface area contributed by atoms with Crippen LogP contribution in [0.5, 0.6) is 0 Å². The largest absolute Gasteiger partial charge is 0.459 e. The zero-order chi connectivity index (χ0) is 21.8. The third-order valence-electron chi connectivity index (χ3n) is 4.12. The number of rotatable bonds is 6. The van der Waals surface area contributed by atoms with Crippen molar-refractivity contribution < 1.29 is 23.1 Å². The summed E-state index contributed by atoms with van der Waals surface area (Å²) >= 11 is 6.33. The second kappa shape index (κ2) is 8.84. The van der Waals surface area contributed by atoms with E-state index in [1.54, 1.807) is 36.4 Å². The molecule has 0 aliphatic carbocycles. The van der Waals surface area contributed by atoms with Crippen LogP contribution in [-0.2, 0) is 4.74 Å². The number of imidazole rings is 1. The van der Waals surface area contributed by atoms with Gasteiger partial charge in [0.25, 0.3) is 5.91 Å². The number of nitrogens with zero attached hydrogens (tertiary/aromatic N) is 2. The lowest BCUT2D eigenvalue weighted by Crippen LogP contribution is -2.15. The molecule has 1 aromatic carbocycles. The van der Waals surface area contributed by atoms with Crippen molar-refractivity contribution in [1.29, 1.82) is 0 Å². The number of hydrogen-bond acceptors (Lipinski definition) is 6. The van der Waals surface area contributed by atoms with Crippen molar-refractivity contribution in [1.82, 2.24) is 15.0 Å². The molecule has 0 radical (unpaired) electrons. The summed E-state index contributed by atoms with van der Waals surface area (Å²) in [6, 6.07) is 9.71. The fourth-order valence-corrected chi connectivity index (χ4v) is 2.97. The van der Waals surface area contributed by atoms with Crippen LogP contribution in [-0.4, -0.2) is 40.2 Å². The number of carbonyl (C=O) groups is 2. The number of fused-ring (bicyclic) bond motifs is 1. The lowest BCUT2D eigenvalue weighted by atomic mass is 10.2. The van der Waals surface area contributed by atoms with Gasteiger partial charge >= 0.3 is 6.09 Å². The molecule has 4 aromatic rings. The van der Waals surface area contributed by atoms with Gasteiger partial charge in [0, 0.05) is 11.3 Å². The van der Waals surface area contributed by atoms with Crippen molar-refractivity contribution in [3.8, 4) is 11.4 Å². The third-order valence-corrected chi connectivity index (χ3v) is 4.45. The molecule has 0 atom stereocenters. The number of H-pyrrole nitrogens is 1. The number of alkyl halides is 1. The van der Waals surface area contributed by atoms with Gasteiger partial charge in [0.15, 0.2) is 11.4 Å². The molecule has 0 spiro atoms. The summed E-state index contributed by atoms with van der Waals surface area (Å²) in [6.45, 7) is -1.10. The van der Waals surface area contributed by atoms with E-state index in [0.717, 1.165) is 0 Å². The highest BCUT2D eigenvalue weighted by atomic mass is 35.5. The van der Waals surface area contributed by atoms with Crippen LogP contribution in [0.25, 0.3) is 22.6 Å². The number of amides is 2. The van der Waals surface area contributed by atoms with E-state index in [0.29, 0.717) is 38.9 Å². The van der Waals surface area contributed by atoms with Crippen molar-refractivity contribution in [2.75, 3.05) is 23.9 Å². The minimum Gasteiger partial charge on any atom is -0.459 e. The predicted octanol–water partition coefficient (Wildman–Crippen LogP) is 4.64. The number of aromatic nitrogens is 3. The van der Waals surface area contributed by atoms with Crippen LogP contribution in [0, 0.1) is 0 Å². The zero-order valence-electron chi connectivity index (χ0n) is 15.8. The number of anilines is 2. The quantitative estimate of drug-likeness (QED) is 0.399. The Hall–Kier alpha value is -3.92. The van der Waals surface area contributed by atoms with Gasteiger partial charge < -0.3 is 19.5 Å². The van der Waals surface area contributed by atoms with Crippen LogP contribution in [0.3, 0.4) is 0 Å². The summed E-state index contributed by atoms with van der Waals surface area (Å²) in [5.41, 5.74) is 2.29. The number of hydrogen-bond donors (Lipinski definition) is 3. The van der Waals surface area contributed by atoms with Gasteiger partial charge in [0.2, 0.25) is 0 Å². The molecule has 3 heterocycles. The Labute approximate surface area is 179 Å². The summed E-state index contributed by atoms with van der Waals surface area (Å²) in [7, 11) is 0. The van der Waals surface area contributed by atoms with Gasteiger partial charge in [-0.2, -0.15) is 0 Å². The van der Waals surface area contributed by atoms with Gasteiger partial charge in [-0.05, 0) is 36.4 Å². The second-order valence-corrected chi connectivity index (χ2v) is 6.66. The molecule has 158 valence electrons. The van der Waals surface area contributed by atoms with E-state index in [4.69, 9.17) is 16.0 Å². The fourth-order valence-electron chi connectivity index (χ4n) is 2.77. The van der Waals surface area contributed by atoms with Crippen molar-refractivity contribution in [2.24, 2.45) is 0 Å². The molecule has 0 aliphatic rings. The lowest BCUT2D eigenvalue weighted by Gasteiger charge is -2.07. The normalized spacial score (nSPS) is 10.8. The molecule has 0 saturated carbocycles. The van der Waals surface area contributed by atoms with Crippen LogP contribution in [0.1, 0.15) is 10.6 Å². The molecule has 0 bridgehead atoms. The standard InChI is InChI=1S/C20H15ClFN5O4/c21-14-4-3-11(24-19(28)16-2-1-6-30-16)8-13(14)17-26-15-9-12(10-23-18(15)27-17)25-20(29)31-7-5-22/h1-4,6,8-10H,5,7H2,(H,24,28)(H,25,29)(H,23,26,27). The first-order valence-electron chi connectivity index (χ1n) is 9.04. The molecule has 4 rings (SSSR count). The second-order valence-electron chi connectivity index (χ2n) is 6.26. The smallest absolute Gasteiger partial charge is 0.411 e. The first-order valence-corrected chi connectivity index (χ1v) is 9.41. The number of nitrogens with one attached hydrogen (secondary N) is 3. The number of furan rings is 1. The predicted molar refractivity (Wildman–Crippen MR) is 112 cm³/mol. The van der Waals surface area contributed by atoms with E-state index in [-0.39, 0.29) is 12.4 Å². The minimum absolute atomic E-state index is 0.175. The van der Waals surface area contributed by atoms with Gasteiger partial charge in [-0.15, -0.1) is 0 Å². The highest BCUT2D eigenvalue weighted by molar-refractivity contribution is 6.33. The topological polar surface area (TPSA) is 122 Å². The Morgan fingerprint density at radius 3 is 2.84 bits per heavy atom. The Bertz CT molecular complexity index is 1240. The SMILES string of the molecule is O=C(Nc1cnc2nc(-c3cc(NC(=O)c4ccco4)ccc3Cl)[nH]c2c1)OCCF. The van der Waals surface area contributed by atoms with Crippen molar-refractivity contribution in [3.05, 3.63) is 59.6 Å². The maximum atomic E-state index is 12.2. The highest BCUT2D eigenvalue weighted by Gasteiger charge is 2.14. The van der Waals surface area contributed by atoms with Crippen LogP contribution in [0.4, 0.5) is 20.6 Å². The first kappa shape index (κ1) is 20.4. The molecule has 11 heteroatoms. The fraction of sp³-hybridized carbons (Fsp3) is 0.100. The first-order chi connectivity index (χ1) is 15.0. The van der Waals surface area contributed by atoms with Crippen LogP contribution in [0.2, 0.25) is 5.02 Å². The van der Waals surface area contributed by atoms with Crippen molar-refractivity contribution in [3.63, 3.8) is 0 Å². The van der Waals surface area contributed by atoms with E-state index in [1.807, 2.05) is 0 Å². The summed E-state index contributed by atoms with van der Waals surface area (Å²) in [6.07, 6.45) is 2.01. The lowest BCUT2D eigenvalue weighted by molar-refractivity contribution is 0.0996. The Morgan fingerprint density at radius 2 is 2.06 bits per heavy atom.